The molecule has 0 aliphatic carbocycles. The van der Waals surface area contributed by atoms with Gasteiger partial charge < -0.3 is 9.63 Å². The molecule has 4 nitrogen and oxygen atoms in total. The Bertz CT molecular complexity index is 751. The molecule has 1 aromatic heterocycles. The Labute approximate surface area is 120 Å². The monoisotopic (exact) mass is 286 g/mol. The first-order valence-electron chi connectivity index (χ1n) is 6.03. The zero-order valence-electron chi connectivity index (χ0n) is 10.7. The van der Waals surface area contributed by atoms with Gasteiger partial charge in [-0.1, -0.05) is 28.4 Å². The van der Waals surface area contributed by atoms with Crippen molar-refractivity contribution in [1.29, 1.82) is 0 Å². The summed E-state index contributed by atoms with van der Waals surface area (Å²) in [5.74, 6) is 0.857. The first-order chi connectivity index (χ1) is 9.63. The molecule has 0 amide bonds. The molecule has 0 aliphatic rings. The molecular weight excluding hydrogens is 276 g/mol. The molecule has 0 radical (unpaired) electrons. The van der Waals surface area contributed by atoms with Crippen LogP contribution in [-0.4, -0.2) is 15.2 Å². The van der Waals surface area contributed by atoms with E-state index in [1.165, 1.54) is 0 Å². The average molecular weight is 287 g/mol. The van der Waals surface area contributed by atoms with Crippen LogP contribution >= 0.6 is 11.6 Å². The molecule has 3 aromatic rings. The fourth-order valence-corrected chi connectivity index (χ4v) is 2.00. The zero-order chi connectivity index (χ0) is 14.1. The predicted molar refractivity (Wildman–Crippen MR) is 76.6 cm³/mol. The van der Waals surface area contributed by atoms with Crippen LogP contribution < -0.4 is 0 Å². The molecule has 20 heavy (non-hydrogen) atoms. The fourth-order valence-electron chi connectivity index (χ4n) is 1.87. The number of phenols is 1. The zero-order valence-corrected chi connectivity index (χ0v) is 11.4. The first-order valence-corrected chi connectivity index (χ1v) is 6.41. The molecule has 5 heteroatoms. The Morgan fingerprint density at radius 1 is 1.10 bits per heavy atom. The molecule has 100 valence electrons. The number of aromatic nitrogens is 2. The van der Waals surface area contributed by atoms with Gasteiger partial charge in [0.05, 0.1) is 5.56 Å². The SMILES string of the molecule is Cc1ccc(O)c(-c2nc(-c3ccc(Cl)cc3)no2)c1. The minimum atomic E-state index is 0.113. The minimum absolute atomic E-state index is 0.113. The number of aryl methyl sites for hydroxylation is 1. The molecule has 1 heterocycles. The summed E-state index contributed by atoms with van der Waals surface area (Å²) >= 11 is 5.84. The van der Waals surface area contributed by atoms with Gasteiger partial charge in [-0.05, 0) is 43.3 Å². The van der Waals surface area contributed by atoms with Gasteiger partial charge in [0.15, 0.2) is 0 Å². The summed E-state index contributed by atoms with van der Waals surface area (Å²) < 4.78 is 5.22. The summed E-state index contributed by atoms with van der Waals surface area (Å²) in [7, 11) is 0. The normalized spacial score (nSPS) is 10.7. The highest BCUT2D eigenvalue weighted by molar-refractivity contribution is 6.30. The Morgan fingerprint density at radius 3 is 2.60 bits per heavy atom. The van der Waals surface area contributed by atoms with Crippen molar-refractivity contribution in [3.63, 3.8) is 0 Å². The van der Waals surface area contributed by atoms with Crippen molar-refractivity contribution in [3.8, 4) is 28.6 Å². The van der Waals surface area contributed by atoms with Crippen LogP contribution in [0.1, 0.15) is 5.56 Å². The number of hydrogen-bond acceptors (Lipinski definition) is 4. The molecule has 0 unspecified atom stereocenters. The standard InChI is InChI=1S/C15H11ClN2O2/c1-9-2-7-13(19)12(8-9)15-17-14(18-20-15)10-3-5-11(16)6-4-10/h2-8,19H,1H3. The van der Waals surface area contributed by atoms with E-state index in [4.69, 9.17) is 16.1 Å². The van der Waals surface area contributed by atoms with Gasteiger partial charge in [0.25, 0.3) is 5.89 Å². The Balaban J connectivity index is 2.01. The van der Waals surface area contributed by atoms with Crippen LogP contribution in [0.5, 0.6) is 5.75 Å². The van der Waals surface area contributed by atoms with E-state index < -0.39 is 0 Å². The molecule has 0 aliphatic heterocycles. The fraction of sp³-hybridized carbons (Fsp3) is 0.0667. The van der Waals surface area contributed by atoms with Crippen LogP contribution in [0.3, 0.4) is 0 Å². The molecule has 0 bridgehead atoms. The number of phenolic OH excluding ortho intramolecular Hbond substituents is 1. The van der Waals surface area contributed by atoms with Crippen LogP contribution in [0, 0.1) is 6.92 Å². The lowest BCUT2D eigenvalue weighted by Gasteiger charge is -2.00. The van der Waals surface area contributed by atoms with Crippen molar-refractivity contribution < 1.29 is 9.63 Å². The second-order valence-electron chi connectivity index (χ2n) is 4.45. The molecule has 0 spiro atoms. The topological polar surface area (TPSA) is 59.2 Å². The molecule has 2 aromatic carbocycles. The van der Waals surface area contributed by atoms with Gasteiger partial charge in [-0.15, -0.1) is 0 Å². The lowest BCUT2D eigenvalue weighted by molar-refractivity contribution is 0.425. The molecule has 3 rings (SSSR count). The van der Waals surface area contributed by atoms with Crippen LogP contribution in [0.25, 0.3) is 22.8 Å². The Morgan fingerprint density at radius 2 is 1.85 bits per heavy atom. The van der Waals surface area contributed by atoms with E-state index in [0.29, 0.717) is 16.4 Å². The van der Waals surface area contributed by atoms with E-state index >= 15 is 0 Å². The van der Waals surface area contributed by atoms with Gasteiger partial charge in [-0.25, -0.2) is 0 Å². The largest absolute Gasteiger partial charge is 0.507 e. The van der Waals surface area contributed by atoms with E-state index in [2.05, 4.69) is 10.1 Å². The third-order valence-electron chi connectivity index (χ3n) is 2.91. The Kier molecular flexibility index (Phi) is 3.16. The summed E-state index contributed by atoms with van der Waals surface area (Å²) in [4.78, 5) is 4.30. The number of halogens is 1. The first kappa shape index (κ1) is 12.7. The summed E-state index contributed by atoms with van der Waals surface area (Å²) in [5, 5.41) is 14.4. The third kappa shape index (κ3) is 2.38. The number of nitrogens with zero attached hydrogens (tertiary/aromatic N) is 2. The summed E-state index contributed by atoms with van der Waals surface area (Å²) in [6, 6.07) is 12.4. The van der Waals surface area contributed by atoms with Gasteiger partial charge >= 0.3 is 0 Å². The average Bonchev–Trinajstić information content (AvgIpc) is 2.92. The van der Waals surface area contributed by atoms with Gasteiger partial charge in [-0.3, -0.25) is 0 Å². The molecular formula is C15H11ClN2O2. The molecule has 0 saturated heterocycles. The summed E-state index contributed by atoms with van der Waals surface area (Å²) in [5.41, 5.74) is 2.33. The van der Waals surface area contributed by atoms with Crippen molar-refractivity contribution in [3.05, 3.63) is 53.1 Å². The predicted octanol–water partition coefficient (Wildman–Crippen LogP) is 4.07. The minimum Gasteiger partial charge on any atom is -0.507 e. The highest BCUT2D eigenvalue weighted by Gasteiger charge is 2.14. The lowest BCUT2D eigenvalue weighted by Crippen LogP contribution is -1.83. The second-order valence-corrected chi connectivity index (χ2v) is 4.89. The van der Waals surface area contributed by atoms with Crippen molar-refractivity contribution in [1.82, 2.24) is 10.1 Å². The van der Waals surface area contributed by atoms with Gasteiger partial charge in [0.1, 0.15) is 5.75 Å². The van der Waals surface area contributed by atoms with Gasteiger partial charge in [0, 0.05) is 10.6 Å². The highest BCUT2D eigenvalue weighted by Crippen LogP contribution is 2.30. The quantitative estimate of drug-likeness (QED) is 0.771. The number of hydrogen-bond donors (Lipinski definition) is 1. The number of aromatic hydroxyl groups is 1. The molecule has 0 atom stereocenters. The van der Waals surface area contributed by atoms with Gasteiger partial charge in [-0.2, -0.15) is 4.98 Å². The summed E-state index contributed by atoms with van der Waals surface area (Å²) in [6.45, 7) is 1.93. The van der Waals surface area contributed by atoms with E-state index in [1.54, 1.807) is 24.3 Å². The van der Waals surface area contributed by atoms with Crippen LogP contribution in [0.4, 0.5) is 0 Å². The number of rotatable bonds is 2. The maximum atomic E-state index is 9.86. The van der Waals surface area contributed by atoms with E-state index in [1.807, 2.05) is 25.1 Å². The summed E-state index contributed by atoms with van der Waals surface area (Å²) in [6.07, 6.45) is 0. The highest BCUT2D eigenvalue weighted by atomic mass is 35.5. The van der Waals surface area contributed by atoms with Crippen molar-refractivity contribution in [2.75, 3.05) is 0 Å². The van der Waals surface area contributed by atoms with E-state index in [0.717, 1.165) is 11.1 Å². The molecule has 0 fully saturated rings. The van der Waals surface area contributed by atoms with Gasteiger partial charge in [0.2, 0.25) is 5.82 Å². The molecule has 0 saturated carbocycles. The van der Waals surface area contributed by atoms with Crippen molar-refractivity contribution in [2.24, 2.45) is 0 Å². The maximum absolute atomic E-state index is 9.86. The number of benzene rings is 2. The van der Waals surface area contributed by atoms with Crippen molar-refractivity contribution in [2.45, 2.75) is 6.92 Å². The van der Waals surface area contributed by atoms with Crippen LogP contribution in [0.2, 0.25) is 5.02 Å². The smallest absolute Gasteiger partial charge is 0.262 e. The maximum Gasteiger partial charge on any atom is 0.262 e. The Hall–Kier alpha value is -2.33. The van der Waals surface area contributed by atoms with Crippen molar-refractivity contribution >= 4 is 11.6 Å². The van der Waals surface area contributed by atoms with E-state index in [-0.39, 0.29) is 11.6 Å². The lowest BCUT2D eigenvalue weighted by atomic mass is 10.1. The van der Waals surface area contributed by atoms with Crippen LogP contribution in [0.15, 0.2) is 47.0 Å². The molecule has 1 N–H and O–H groups in total. The van der Waals surface area contributed by atoms with Crippen LogP contribution in [-0.2, 0) is 0 Å². The second kappa shape index (κ2) is 4.98. The van der Waals surface area contributed by atoms with E-state index in [9.17, 15) is 5.11 Å². The third-order valence-corrected chi connectivity index (χ3v) is 3.16.